The van der Waals surface area contributed by atoms with Gasteiger partial charge in [0.05, 0.1) is 11.0 Å². The van der Waals surface area contributed by atoms with Crippen LogP contribution in [0.25, 0.3) is 0 Å². The summed E-state index contributed by atoms with van der Waals surface area (Å²) >= 11 is 0. The Balaban J connectivity index is 2.39. The van der Waals surface area contributed by atoms with E-state index in [1.165, 1.54) is 6.20 Å². The molecule has 0 radical (unpaired) electrons. The first-order valence-electron chi connectivity index (χ1n) is 3.88. The van der Waals surface area contributed by atoms with Crippen LogP contribution in [0.4, 0.5) is 5.69 Å². The number of hydrogen-bond acceptors (Lipinski definition) is 3. The third-order valence-corrected chi connectivity index (χ3v) is 2.11. The SMILES string of the molecule is Cc1c([N+](=O)[O-])cnn1C1CC1. The third kappa shape index (κ3) is 0.975. The summed E-state index contributed by atoms with van der Waals surface area (Å²) in [6.07, 6.45) is 3.52. The predicted molar refractivity (Wildman–Crippen MR) is 41.9 cm³/mol. The van der Waals surface area contributed by atoms with Crippen LogP contribution in [-0.4, -0.2) is 14.7 Å². The second-order valence-corrected chi connectivity index (χ2v) is 3.05. The summed E-state index contributed by atoms with van der Waals surface area (Å²) in [7, 11) is 0. The van der Waals surface area contributed by atoms with Gasteiger partial charge in [-0.25, -0.2) is 0 Å². The molecule has 0 unspecified atom stereocenters. The number of nitro groups is 1. The summed E-state index contributed by atoms with van der Waals surface area (Å²) in [6, 6.07) is 0.415. The lowest BCUT2D eigenvalue weighted by Gasteiger charge is -1.97. The van der Waals surface area contributed by atoms with E-state index in [4.69, 9.17) is 0 Å². The zero-order chi connectivity index (χ0) is 8.72. The molecule has 0 aliphatic heterocycles. The van der Waals surface area contributed by atoms with Crippen LogP contribution < -0.4 is 0 Å². The highest BCUT2D eigenvalue weighted by Crippen LogP contribution is 2.36. The Morgan fingerprint density at radius 3 is 2.83 bits per heavy atom. The molecule has 1 heterocycles. The van der Waals surface area contributed by atoms with E-state index in [0.29, 0.717) is 11.7 Å². The lowest BCUT2D eigenvalue weighted by Crippen LogP contribution is -1.99. The number of hydrogen-bond donors (Lipinski definition) is 0. The lowest BCUT2D eigenvalue weighted by molar-refractivity contribution is -0.385. The molecule has 2 rings (SSSR count). The summed E-state index contributed by atoms with van der Waals surface area (Å²) in [4.78, 5) is 10.0. The minimum Gasteiger partial charge on any atom is -0.260 e. The van der Waals surface area contributed by atoms with E-state index in [2.05, 4.69) is 5.10 Å². The molecule has 5 nitrogen and oxygen atoms in total. The van der Waals surface area contributed by atoms with Crippen LogP contribution in [0, 0.1) is 17.0 Å². The molecule has 1 saturated carbocycles. The topological polar surface area (TPSA) is 61.0 Å². The average Bonchev–Trinajstić information content (AvgIpc) is 2.75. The van der Waals surface area contributed by atoms with E-state index in [1.807, 2.05) is 0 Å². The molecule has 12 heavy (non-hydrogen) atoms. The highest BCUT2D eigenvalue weighted by Gasteiger charge is 2.29. The van der Waals surface area contributed by atoms with Gasteiger partial charge in [0, 0.05) is 0 Å². The van der Waals surface area contributed by atoms with E-state index in [-0.39, 0.29) is 10.6 Å². The van der Waals surface area contributed by atoms with E-state index in [1.54, 1.807) is 11.6 Å². The van der Waals surface area contributed by atoms with Crippen LogP contribution in [0.2, 0.25) is 0 Å². The Morgan fingerprint density at radius 1 is 1.75 bits per heavy atom. The number of aromatic nitrogens is 2. The van der Waals surface area contributed by atoms with Crippen LogP contribution in [0.3, 0.4) is 0 Å². The summed E-state index contributed by atoms with van der Waals surface area (Å²) < 4.78 is 1.75. The summed E-state index contributed by atoms with van der Waals surface area (Å²) in [5.41, 5.74) is 0.796. The Bertz CT molecular complexity index is 327. The zero-order valence-corrected chi connectivity index (χ0v) is 6.73. The van der Waals surface area contributed by atoms with Crippen molar-refractivity contribution in [3.63, 3.8) is 0 Å². The van der Waals surface area contributed by atoms with Crippen molar-refractivity contribution in [2.24, 2.45) is 0 Å². The molecule has 5 heteroatoms. The normalized spacial score (nSPS) is 16.4. The molecular weight excluding hydrogens is 158 g/mol. The van der Waals surface area contributed by atoms with Crippen molar-refractivity contribution in [1.82, 2.24) is 9.78 Å². The van der Waals surface area contributed by atoms with Gasteiger partial charge in [-0.1, -0.05) is 0 Å². The minimum absolute atomic E-state index is 0.127. The van der Waals surface area contributed by atoms with Crippen molar-refractivity contribution in [1.29, 1.82) is 0 Å². The maximum atomic E-state index is 10.4. The molecule has 0 saturated heterocycles. The summed E-state index contributed by atoms with van der Waals surface area (Å²) in [6.45, 7) is 1.74. The Hall–Kier alpha value is -1.39. The molecule has 1 aliphatic carbocycles. The Morgan fingerprint density at radius 2 is 2.42 bits per heavy atom. The molecule has 0 atom stereocenters. The zero-order valence-electron chi connectivity index (χ0n) is 6.73. The average molecular weight is 167 g/mol. The van der Waals surface area contributed by atoms with Gasteiger partial charge in [0.1, 0.15) is 11.9 Å². The molecular formula is C7H9N3O2. The Kier molecular flexibility index (Phi) is 1.39. The fraction of sp³-hybridized carbons (Fsp3) is 0.571. The van der Waals surface area contributed by atoms with Crippen LogP contribution >= 0.6 is 0 Å². The summed E-state index contributed by atoms with van der Waals surface area (Å²) in [5.74, 6) is 0. The highest BCUT2D eigenvalue weighted by atomic mass is 16.6. The van der Waals surface area contributed by atoms with Gasteiger partial charge in [0.25, 0.3) is 0 Å². The molecule has 1 aliphatic rings. The fourth-order valence-electron chi connectivity index (χ4n) is 1.28. The standard InChI is InChI=1S/C7H9N3O2/c1-5-7(10(11)12)4-8-9(5)6-2-3-6/h4,6H,2-3H2,1H3. The van der Waals surface area contributed by atoms with Gasteiger partial charge in [-0.3, -0.25) is 14.8 Å². The van der Waals surface area contributed by atoms with Crippen molar-refractivity contribution in [2.75, 3.05) is 0 Å². The molecule has 64 valence electrons. The van der Waals surface area contributed by atoms with E-state index in [9.17, 15) is 10.1 Å². The van der Waals surface area contributed by atoms with Gasteiger partial charge >= 0.3 is 5.69 Å². The van der Waals surface area contributed by atoms with Crippen LogP contribution in [0.5, 0.6) is 0 Å². The van der Waals surface area contributed by atoms with Gasteiger partial charge in [0.15, 0.2) is 0 Å². The van der Waals surface area contributed by atoms with Gasteiger partial charge in [0.2, 0.25) is 0 Å². The largest absolute Gasteiger partial charge is 0.309 e. The van der Waals surface area contributed by atoms with E-state index < -0.39 is 0 Å². The predicted octanol–water partition coefficient (Wildman–Crippen LogP) is 1.43. The first kappa shape index (κ1) is 7.27. The number of rotatable bonds is 2. The van der Waals surface area contributed by atoms with E-state index in [0.717, 1.165) is 12.8 Å². The Labute approximate surface area is 69.1 Å². The van der Waals surface area contributed by atoms with Crippen LogP contribution in [0.15, 0.2) is 6.20 Å². The molecule has 0 aromatic carbocycles. The molecule has 0 bridgehead atoms. The van der Waals surface area contributed by atoms with Crippen molar-refractivity contribution in [2.45, 2.75) is 25.8 Å². The molecule has 1 aromatic heterocycles. The van der Waals surface area contributed by atoms with Crippen molar-refractivity contribution in [3.05, 3.63) is 22.0 Å². The van der Waals surface area contributed by atoms with Gasteiger partial charge < -0.3 is 0 Å². The first-order chi connectivity index (χ1) is 5.70. The first-order valence-corrected chi connectivity index (χ1v) is 3.88. The third-order valence-electron chi connectivity index (χ3n) is 2.11. The highest BCUT2D eigenvalue weighted by molar-refractivity contribution is 5.32. The summed E-state index contributed by atoms with van der Waals surface area (Å²) in [5, 5.41) is 14.4. The monoisotopic (exact) mass is 167 g/mol. The fourth-order valence-corrected chi connectivity index (χ4v) is 1.28. The van der Waals surface area contributed by atoms with Crippen LogP contribution in [0.1, 0.15) is 24.6 Å². The second kappa shape index (κ2) is 2.30. The van der Waals surface area contributed by atoms with Crippen LogP contribution in [-0.2, 0) is 0 Å². The second-order valence-electron chi connectivity index (χ2n) is 3.05. The maximum absolute atomic E-state index is 10.4. The maximum Gasteiger partial charge on any atom is 0.309 e. The molecule has 1 aromatic rings. The quantitative estimate of drug-likeness (QED) is 0.494. The smallest absolute Gasteiger partial charge is 0.260 e. The molecule has 0 N–H and O–H groups in total. The van der Waals surface area contributed by atoms with Gasteiger partial charge in [-0.05, 0) is 19.8 Å². The number of nitrogens with zero attached hydrogens (tertiary/aromatic N) is 3. The van der Waals surface area contributed by atoms with Gasteiger partial charge in [-0.15, -0.1) is 0 Å². The van der Waals surface area contributed by atoms with Crippen molar-refractivity contribution in [3.8, 4) is 0 Å². The molecule has 0 amide bonds. The molecule has 0 spiro atoms. The van der Waals surface area contributed by atoms with E-state index >= 15 is 0 Å². The molecule has 1 fully saturated rings. The van der Waals surface area contributed by atoms with Crippen molar-refractivity contribution < 1.29 is 4.92 Å². The lowest BCUT2D eigenvalue weighted by atomic mass is 10.4. The van der Waals surface area contributed by atoms with Crippen molar-refractivity contribution >= 4 is 5.69 Å². The minimum atomic E-state index is -0.388. The van der Waals surface area contributed by atoms with Gasteiger partial charge in [-0.2, -0.15) is 5.10 Å².